The summed E-state index contributed by atoms with van der Waals surface area (Å²) in [6.45, 7) is 1.66. The molecule has 2 rings (SSSR count). The van der Waals surface area contributed by atoms with Gasteiger partial charge in [0.2, 0.25) is 0 Å². The van der Waals surface area contributed by atoms with Crippen LogP contribution in [0.4, 0.5) is 4.79 Å². The highest BCUT2D eigenvalue weighted by atomic mass is 32.2. The molecule has 1 aliphatic rings. The molecule has 122 valence electrons. The second kappa shape index (κ2) is 9.02. The van der Waals surface area contributed by atoms with Crippen molar-refractivity contribution in [1.82, 2.24) is 10.2 Å². The summed E-state index contributed by atoms with van der Waals surface area (Å²) in [4.78, 5) is 14.4. The van der Waals surface area contributed by atoms with Crippen LogP contribution < -0.4 is 5.32 Å². The topological polar surface area (TPSA) is 72.8 Å². The Morgan fingerprint density at radius 2 is 2.05 bits per heavy atom. The van der Waals surface area contributed by atoms with Gasteiger partial charge in [0, 0.05) is 35.8 Å². The first-order chi connectivity index (χ1) is 10.7. The number of carbonyl (C=O) groups is 1. The normalized spacial score (nSPS) is 15.7. The van der Waals surface area contributed by atoms with Gasteiger partial charge in [0.05, 0.1) is 6.61 Å². The van der Waals surface area contributed by atoms with E-state index in [1.807, 2.05) is 30.3 Å². The van der Waals surface area contributed by atoms with Crippen molar-refractivity contribution in [1.29, 1.82) is 0 Å². The Balaban J connectivity index is 1.81. The van der Waals surface area contributed by atoms with Crippen LogP contribution >= 0.6 is 11.8 Å². The molecular weight excluding hydrogens is 300 g/mol. The van der Waals surface area contributed by atoms with Crippen LogP contribution in [0.15, 0.2) is 35.2 Å². The first-order valence-electron chi connectivity index (χ1n) is 7.71. The lowest BCUT2D eigenvalue weighted by atomic mass is 10.2. The minimum absolute atomic E-state index is 0.0809. The smallest absolute Gasteiger partial charge is 0.404 e. The van der Waals surface area contributed by atoms with Crippen molar-refractivity contribution in [3.05, 3.63) is 30.3 Å². The molecule has 0 radical (unpaired) electrons. The number of nitrogens with zero attached hydrogens (tertiary/aromatic N) is 1. The lowest BCUT2D eigenvalue weighted by molar-refractivity contribution is 0.175. The maximum Gasteiger partial charge on any atom is 0.404 e. The fourth-order valence-corrected chi connectivity index (χ4v) is 3.45. The number of thioether (sulfide) groups is 1. The van der Waals surface area contributed by atoms with Crippen molar-refractivity contribution in [2.24, 2.45) is 0 Å². The molecule has 6 heteroatoms. The molecular formula is C16H24N2O3S. The Kier molecular flexibility index (Phi) is 7.02. The number of benzene rings is 1. The number of aliphatic hydroxyl groups is 1. The van der Waals surface area contributed by atoms with Gasteiger partial charge in [-0.2, -0.15) is 0 Å². The quantitative estimate of drug-likeness (QED) is 0.576. The zero-order valence-electron chi connectivity index (χ0n) is 12.6. The van der Waals surface area contributed by atoms with Gasteiger partial charge >= 0.3 is 6.09 Å². The molecule has 0 spiro atoms. The van der Waals surface area contributed by atoms with Gasteiger partial charge < -0.3 is 15.5 Å². The molecule has 5 nitrogen and oxygen atoms in total. The fourth-order valence-electron chi connectivity index (χ4n) is 2.45. The van der Waals surface area contributed by atoms with Crippen molar-refractivity contribution >= 4 is 17.9 Å². The van der Waals surface area contributed by atoms with Gasteiger partial charge in [0.25, 0.3) is 0 Å². The van der Waals surface area contributed by atoms with Crippen molar-refractivity contribution in [3.63, 3.8) is 0 Å². The second-order valence-electron chi connectivity index (χ2n) is 5.55. The molecule has 1 aromatic rings. The zero-order chi connectivity index (χ0) is 15.8. The molecule has 0 aliphatic heterocycles. The Hall–Kier alpha value is -1.24. The zero-order valence-corrected chi connectivity index (χ0v) is 13.5. The molecule has 1 saturated carbocycles. The number of hydrogen-bond donors (Lipinski definition) is 3. The molecule has 1 fully saturated rings. The average molecular weight is 324 g/mol. The van der Waals surface area contributed by atoms with Gasteiger partial charge in [0.1, 0.15) is 0 Å². The Morgan fingerprint density at radius 1 is 1.32 bits per heavy atom. The monoisotopic (exact) mass is 324 g/mol. The van der Waals surface area contributed by atoms with E-state index < -0.39 is 6.09 Å². The molecule has 0 heterocycles. The van der Waals surface area contributed by atoms with E-state index in [1.54, 1.807) is 11.8 Å². The molecule has 22 heavy (non-hydrogen) atoms. The third-order valence-corrected chi connectivity index (χ3v) is 4.91. The van der Waals surface area contributed by atoms with Crippen LogP contribution in [0.25, 0.3) is 0 Å². The number of amides is 1. The van der Waals surface area contributed by atoms with Crippen LogP contribution in [0.5, 0.6) is 0 Å². The lowest BCUT2D eigenvalue weighted by Gasteiger charge is -2.24. The number of rotatable bonds is 10. The van der Waals surface area contributed by atoms with Gasteiger partial charge in [-0.1, -0.05) is 18.2 Å². The van der Waals surface area contributed by atoms with Crippen molar-refractivity contribution < 1.29 is 15.0 Å². The SMILES string of the molecule is O=C(O)N[C@H](CCN(CCO)C1CC1)CSc1ccccc1. The minimum atomic E-state index is -0.973. The Morgan fingerprint density at radius 3 is 2.64 bits per heavy atom. The van der Waals surface area contributed by atoms with Crippen molar-refractivity contribution in [3.8, 4) is 0 Å². The Bertz CT molecular complexity index is 454. The third kappa shape index (κ3) is 6.25. The fraction of sp³-hybridized carbons (Fsp3) is 0.562. The van der Waals surface area contributed by atoms with Crippen LogP contribution in [0.3, 0.4) is 0 Å². The van der Waals surface area contributed by atoms with E-state index in [0.29, 0.717) is 18.3 Å². The van der Waals surface area contributed by atoms with Gasteiger partial charge in [-0.3, -0.25) is 4.90 Å². The van der Waals surface area contributed by atoms with Crippen molar-refractivity contribution in [2.45, 2.75) is 36.2 Å². The van der Waals surface area contributed by atoms with Crippen LogP contribution in [0, 0.1) is 0 Å². The highest BCUT2D eigenvalue weighted by Crippen LogP contribution is 2.27. The van der Waals surface area contributed by atoms with E-state index in [2.05, 4.69) is 10.2 Å². The summed E-state index contributed by atoms with van der Waals surface area (Å²) in [5, 5.41) is 20.7. The van der Waals surface area contributed by atoms with E-state index in [9.17, 15) is 4.79 Å². The molecule has 0 bridgehead atoms. The number of hydrogen-bond acceptors (Lipinski definition) is 4. The summed E-state index contributed by atoms with van der Waals surface area (Å²) in [7, 11) is 0. The summed E-state index contributed by atoms with van der Waals surface area (Å²) in [6, 6.07) is 10.5. The van der Waals surface area contributed by atoms with E-state index in [4.69, 9.17) is 10.2 Å². The van der Waals surface area contributed by atoms with Gasteiger partial charge in [0.15, 0.2) is 0 Å². The van der Waals surface area contributed by atoms with Crippen LogP contribution in [-0.4, -0.2) is 58.7 Å². The molecule has 0 aromatic heterocycles. The third-order valence-electron chi connectivity index (χ3n) is 3.74. The maximum atomic E-state index is 11.0. The molecule has 0 unspecified atom stereocenters. The first kappa shape index (κ1) is 17.1. The standard InChI is InChI=1S/C16H24N2O3S/c19-11-10-18(14-6-7-14)9-8-13(17-16(20)21)12-22-15-4-2-1-3-5-15/h1-5,13-14,17,19H,6-12H2,(H,20,21)/t13-/m1/s1. The summed E-state index contributed by atoms with van der Waals surface area (Å²) >= 11 is 1.67. The summed E-state index contributed by atoms with van der Waals surface area (Å²) < 4.78 is 0. The maximum absolute atomic E-state index is 11.0. The number of aliphatic hydroxyl groups excluding tert-OH is 1. The Labute approximate surface area is 135 Å². The minimum Gasteiger partial charge on any atom is -0.465 e. The highest BCUT2D eigenvalue weighted by Gasteiger charge is 2.28. The highest BCUT2D eigenvalue weighted by molar-refractivity contribution is 7.99. The number of nitrogens with one attached hydrogen (secondary N) is 1. The van der Waals surface area contributed by atoms with E-state index in [-0.39, 0.29) is 12.6 Å². The molecule has 1 aliphatic carbocycles. The molecule has 0 saturated heterocycles. The first-order valence-corrected chi connectivity index (χ1v) is 8.70. The second-order valence-corrected chi connectivity index (χ2v) is 6.64. The molecule has 1 amide bonds. The van der Waals surface area contributed by atoms with E-state index in [1.165, 1.54) is 12.8 Å². The summed E-state index contributed by atoms with van der Waals surface area (Å²) in [5.74, 6) is 0.716. The van der Waals surface area contributed by atoms with Crippen LogP contribution in [0.2, 0.25) is 0 Å². The molecule has 1 aromatic carbocycles. The lowest BCUT2D eigenvalue weighted by Crippen LogP contribution is -2.40. The molecule has 1 atom stereocenters. The van der Waals surface area contributed by atoms with E-state index >= 15 is 0 Å². The summed E-state index contributed by atoms with van der Waals surface area (Å²) in [5.41, 5.74) is 0. The largest absolute Gasteiger partial charge is 0.465 e. The van der Waals surface area contributed by atoms with Gasteiger partial charge in [-0.25, -0.2) is 4.79 Å². The van der Waals surface area contributed by atoms with Gasteiger partial charge in [-0.05, 0) is 31.4 Å². The van der Waals surface area contributed by atoms with Gasteiger partial charge in [-0.15, -0.1) is 11.8 Å². The van der Waals surface area contributed by atoms with Crippen LogP contribution in [0.1, 0.15) is 19.3 Å². The van der Waals surface area contributed by atoms with E-state index in [0.717, 1.165) is 17.9 Å². The van der Waals surface area contributed by atoms with Crippen molar-refractivity contribution in [2.75, 3.05) is 25.4 Å². The summed E-state index contributed by atoms with van der Waals surface area (Å²) in [6.07, 6.45) is 2.17. The molecule has 3 N–H and O–H groups in total. The van der Waals surface area contributed by atoms with Crippen LogP contribution in [-0.2, 0) is 0 Å². The predicted octanol–water partition coefficient (Wildman–Crippen LogP) is 2.26. The predicted molar refractivity (Wildman–Crippen MR) is 88.4 cm³/mol. The number of carboxylic acid groups (broad SMARTS) is 1. The average Bonchev–Trinajstić information content (AvgIpc) is 3.34.